The molecule has 0 aromatic heterocycles. The van der Waals surface area contributed by atoms with Crippen molar-refractivity contribution < 1.29 is 14.7 Å². The molecule has 1 aliphatic rings. The second kappa shape index (κ2) is 5.14. The molecule has 0 saturated carbocycles. The van der Waals surface area contributed by atoms with E-state index < -0.39 is 5.97 Å². The summed E-state index contributed by atoms with van der Waals surface area (Å²) < 4.78 is 0. The Kier molecular flexibility index (Phi) is 4.12. The molecule has 4 heteroatoms. The van der Waals surface area contributed by atoms with Crippen molar-refractivity contribution in [1.82, 2.24) is 4.90 Å². The Hall–Kier alpha value is -1.06. The molecule has 0 aromatic rings. The minimum atomic E-state index is -0.766. The topological polar surface area (TPSA) is 57.6 Å². The molecule has 0 bridgehead atoms. The number of carboxylic acid groups (broad SMARTS) is 1. The molecule has 1 amide bonds. The van der Waals surface area contributed by atoms with E-state index in [9.17, 15) is 9.59 Å². The van der Waals surface area contributed by atoms with Crippen LogP contribution < -0.4 is 0 Å². The van der Waals surface area contributed by atoms with Gasteiger partial charge in [0.1, 0.15) is 0 Å². The lowest BCUT2D eigenvalue weighted by Gasteiger charge is -2.17. The average molecular weight is 213 g/mol. The number of carbonyl (C=O) groups excluding carboxylic acids is 1. The zero-order valence-corrected chi connectivity index (χ0v) is 9.40. The van der Waals surface area contributed by atoms with Crippen LogP contribution in [0.3, 0.4) is 0 Å². The van der Waals surface area contributed by atoms with Crippen LogP contribution in [0.2, 0.25) is 0 Å². The van der Waals surface area contributed by atoms with Gasteiger partial charge in [0.2, 0.25) is 5.91 Å². The number of hydrogen-bond donors (Lipinski definition) is 1. The van der Waals surface area contributed by atoms with E-state index in [4.69, 9.17) is 5.11 Å². The lowest BCUT2D eigenvalue weighted by atomic mass is 10.1. The van der Waals surface area contributed by atoms with Gasteiger partial charge in [-0.05, 0) is 18.3 Å². The Balaban J connectivity index is 2.35. The van der Waals surface area contributed by atoms with Crippen molar-refractivity contribution >= 4 is 11.9 Å². The van der Waals surface area contributed by atoms with Crippen LogP contribution in [-0.4, -0.2) is 35.0 Å². The zero-order valence-electron chi connectivity index (χ0n) is 9.40. The maximum Gasteiger partial charge on any atom is 0.303 e. The summed E-state index contributed by atoms with van der Waals surface area (Å²) in [6.45, 7) is 5.38. The number of rotatable bonds is 4. The van der Waals surface area contributed by atoms with Gasteiger partial charge >= 0.3 is 5.97 Å². The van der Waals surface area contributed by atoms with Crippen molar-refractivity contribution in [3.63, 3.8) is 0 Å². The lowest BCUT2D eigenvalue weighted by Crippen LogP contribution is -2.29. The number of carboxylic acids is 1. The van der Waals surface area contributed by atoms with E-state index in [1.165, 1.54) is 0 Å². The third-order valence-electron chi connectivity index (χ3n) is 2.68. The van der Waals surface area contributed by atoms with Gasteiger partial charge in [0, 0.05) is 25.9 Å². The SMILES string of the molecule is CC(C)CC(=O)N1CCC(CC(=O)O)C1. The Morgan fingerprint density at radius 2 is 2.13 bits per heavy atom. The van der Waals surface area contributed by atoms with Gasteiger partial charge in [0.15, 0.2) is 0 Å². The first-order chi connectivity index (χ1) is 6.99. The molecule has 0 aromatic carbocycles. The van der Waals surface area contributed by atoms with E-state index in [-0.39, 0.29) is 18.2 Å². The highest BCUT2D eigenvalue weighted by molar-refractivity contribution is 5.76. The van der Waals surface area contributed by atoms with Gasteiger partial charge in [-0.3, -0.25) is 9.59 Å². The van der Waals surface area contributed by atoms with E-state index in [0.717, 1.165) is 13.0 Å². The fourth-order valence-corrected chi connectivity index (χ4v) is 1.95. The van der Waals surface area contributed by atoms with Crippen LogP contribution in [0, 0.1) is 11.8 Å². The highest BCUT2D eigenvalue weighted by Crippen LogP contribution is 2.20. The molecule has 1 unspecified atom stereocenters. The molecule has 1 atom stereocenters. The van der Waals surface area contributed by atoms with Gasteiger partial charge < -0.3 is 10.0 Å². The lowest BCUT2D eigenvalue weighted by molar-refractivity contribution is -0.138. The van der Waals surface area contributed by atoms with Crippen LogP contribution >= 0.6 is 0 Å². The summed E-state index contributed by atoms with van der Waals surface area (Å²) in [6.07, 6.45) is 1.58. The molecule has 4 nitrogen and oxygen atoms in total. The fourth-order valence-electron chi connectivity index (χ4n) is 1.95. The summed E-state index contributed by atoms with van der Waals surface area (Å²) >= 11 is 0. The number of nitrogens with zero attached hydrogens (tertiary/aromatic N) is 1. The summed E-state index contributed by atoms with van der Waals surface area (Å²) in [5.41, 5.74) is 0. The van der Waals surface area contributed by atoms with Crippen LogP contribution in [0.25, 0.3) is 0 Å². The summed E-state index contributed by atoms with van der Waals surface area (Å²) in [5.74, 6) is -0.0781. The van der Waals surface area contributed by atoms with Crippen molar-refractivity contribution in [3.05, 3.63) is 0 Å². The predicted octanol–water partition coefficient (Wildman–Crippen LogP) is 1.36. The molecule has 0 radical (unpaired) electrons. The van der Waals surface area contributed by atoms with E-state index in [0.29, 0.717) is 18.9 Å². The molecular formula is C11H19NO3. The molecule has 1 fully saturated rings. The molecule has 0 aliphatic carbocycles. The van der Waals surface area contributed by atoms with Crippen molar-refractivity contribution in [2.45, 2.75) is 33.1 Å². The highest BCUT2D eigenvalue weighted by atomic mass is 16.4. The highest BCUT2D eigenvalue weighted by Gasteiger charge is 2.27. The normalized spacial score (nSPS) is 21.0. The van der Waals surface area contributed by atoms with Crippen LogP contribution in [0.1, 0.15) is 33.1 Å². The maximum atomic E-state index is 11.7. The summed E-state index contributed by atoms with van der Waals surface area (Å²) in [4.78, 5) is 24.0. The molecule has 1 saturated heterocycles. The first-order valence-corrected chi connectivity index (χ1v) is 5.48. The molecule has 1 heterocycles. The van der Waals surface area contributed by atoms with Gasteiger partial charge in [0.25, 0.3) is 0 Å². The van der Waals surface area contributed by atoms with Gasteiger partial charge in [-0.25, -0.2) is 0 Å². The molecule has 1 aliphatic heterocycles. The number of likely N-dealkylation sites (tertiary alicyclic amines) is 1. The van der Waals surface area contributed by atoms with Crippen molar-refractivity contribution in [1.29, 1.82) is 0 Å². The largest absolute Gasteiger partial charge is 0.481 e. The van der Waals surface area contributed by atoms with E-state index in [2.05, 4.69) is 0 Å². The number of aliphatic carboxylic acids is 1. The van der Waals surface area contributed by atoms with Crippen molar-refractivity contribution in [3.8, 4) is 0 Å². The van der Waals surface area contributed by atoms with E-state index in [1.54, 1.807) is 4.90 Å². The fraction of sp³-hybridized carbons (Fsp3) is 0.818. The number of hydrogen-bond acceptors (Lipinski definition) is 2. The molecule has 1 rings (SSSR count). The zero-order chi connectivity index (χ0) is 11.4. The second-order valence-electron chi connectivity index (χ2n) is 4.69. The Labute approximate surface area is 90.3 Å². The number of amides is 1. The van der Waals surface area contributed by atoms with Gasteiger partial charge in [-0.1, -0.05) is 13.8 Å². The van der Waals surface area contributed by atoms with Crippen molar-refractivity contribution in [2.75, 3.05) is 13.1 Å². The quantitative estimate of drug-likeness (QED) is 0.767. The first-order valence-electron chi connectivity index (χ1n) is 5.48. The van der Waals surface area contributed by atoms with Gasteiger partial charge in [-0.2, -0.15) is 0 Å². The number of carbonyl (C=O) groups is 2. The summed E-state index contributed by atoms with van der Waals surface area (Å²) in [7, 11) is 0. The third-order valence-corrected chi connectivity index (χ3v) is 2.68. The van der Waals surface area contributed by atoms with Crippen LogP contribution in [0.15, 0.2) is 0 Å². The Morgan fingerprint density at radius 1 is 1.47 bits per heavy atom. The Bertz CT molecular complexity index is 250. The minimum Gasteiger partial charge on any atom is -0.481 e. The monoisotopic (exact) mass is 213 g/mol. The summed E-state index contributed by atoms with van der Waals surface area (Å²) in [5, 5.41) is 8.64. The molecule has 0 spiro atoms. The van der Waals surface area contributed by atoms with Crippen LogP contribution in [0.4, 0.5) is 0 Å². The van der Waals surface area contributed by atoms with Crippen LogP contribution in [-0.2, 0) is 9.59 Å². The van der Waals surface area contributed by atoms with E-state index >= 15 is 0 Å². The minimum absolute atomic E-state index is 0.151. The van der Waals surface area contributed by atoms with E-state index in [1.807, 2.05) is 13.8 Å². The van der Waals surface area contributed by atoms with Crippen molar-refractivity contribution in [2.24, 2.45) is 11.8 Å². The first kappa shape index (κ1) is 12.0. The maximum absolute atomic E-state index is 11.7. The van der Waals surface area contributed by atoms with Gasteiger partial charge in [0.05, 0.1) is 0 Å². The average Bonchev–Trinajstić information content (AvgIpc) is 2.50. The van der Waals surface area contributed by atoms with Gasteiger partial charge in [-0.15, -0.1) is 0 Å². The van der Waals surface area contributed by atoms with Crippen LogP contribution in [0.5, 0.6) is 0 Å². The predicted molar refractivity (Wildman–Crippen MR) is 56.4 cm³/mol. The Morgan fingerprint density at radius 3 is 2.67 bits per heavy atom. The smallest absolute Gasteiger partial charge is 0.303 e. The molecular weight excluding hydrogens is 194 g/mol. The third kappa shape index (κ3) is 3.90. The second-order valence-corrected chi connectivity index (χ2v) is 4.69. The molecule has 1 N–H and O–H groups in total. The molecule has 86 valence electrons. The summed E-state index contributed by atoms with van der Waals surface area (Å²) in [6, 6.07) is 0. The molecule has 15 heavy (non-hydrogen) atoms. The standard InChI is InChI=1S/C11H19NO3/c1-8(2)5-10(13)12-4-3-9(7-12)6-11(14)15/h8-9H,3-7H2,1-2H3,(H,14,15).